The minimum atomic E-state index is 0.0203. The predicted octanol–water partition coefficient (Wildman–Crippen LogP) is 2.34. The molecule has 2 heterocycles. The fourth-order valence-corrected chi connectivity index (χ4v) is 2.63. The van der Waals surface area contributed by atoms with Crippen LogP contribution in [-0.4, -0.2) is 24.9 Å². The highest BCUT2D eigenvalue weighted by Gasteiger charge is 2.23. The fourth-order valence-electron chi connectivity index (χ4n) is 2.63. The fraction of sp³-hybridized carbons (Fsp3) is 0.600. The molecule has 0 saturated heterocycles. The van der Waals surface area contributed by atoms with E-state index in [9.17, 15) is 0 Å². The molecule has 0 fully saturated rings. The second-order valence-corrected chi connectivity index (χ2v) is 5.49. The number of aromatic nitrogens is 5. The van der Waals surface area contributed by atoms with E-state index < -0.39 is 0 Å². The highest BCUT2D eigenvalue weighted by Crippen LogP contribution is 2.29. The van der Waals surface area contributed by atoms with E-state index in [0.29, 0.717) is 5.82 Å². The minimum absolute atomic E-state index is 0.0203. The number of anilines is 2. The monoisotopic (exact) mass is 303 g/mol. The van der Waals surface area contributed by atoms with Crippen LogP contribution in [0.3, 0.4) is 0 Å². The van der Waals surface area contributed by atoms with Crippen LogP contribution in [0.2, 0.25) is 0 Å². The molecule has 120 valence electrons. The highest BCUT2D eigenvalue weighted by molar-refractivity contribution is 5.31. The number of unbranched alkanes of at least 4 members (excludes halogenated alkanes) is 2. The Morgan fingerprint density at radius 2 is 1.68 bits per heavy atom. The summed E-state index contributed by atoms with van der Waals surface area (Å²) < 4.78 is 0. The lowest BCUT2D eigenvalue weighted by Crippen LogP contribution is -2.13. The van der Waals surface area contributed by atoms with Crippen LogP contribution in [0, 0.1) is 6.92 Å². The third-order valence-electron chi connectivity index (χ3n) is 3.75. The predicted molar refractivity (Wildman–Crippen MR) is 87.3 cm³/mol. The van der Waals surface area contributed by atoms with E-state index in [1.165, 1.54) is 6.42 Å². The zero-order valence-electron chi connectivity index (χ0n) is 13.6. The number of aromatic amines is 1. The second-order valence-electron chi connectivity index (χ2n) is 5.49. The number of nitrogens with one attached hydrogen (secondary N) is 1. The van der Waals surface area contributed by atoms with Gasteiger partial charge in [-0.05, 0) is 13.3 Å². The molecule has 0 bridgehead atoms. The molecule has 0 aliphatic rings. The van der Waals surface area contributed by atoms with Crippen molar-refractivity contribution >= 4 is 11.9 Å². The lowest BCUT2D eigenvalue weighted by Gasteiger charge is -2.15. The Morgan fingerprint density at radius 1 is 1.00 bits per heavy atom. The van der Waals surface area contributed by atoms with Crippen LogP contribution in [0.25, 0.3) is 0 Å². The number of nitrogens with two attached hydrogens (primary N) is 2. The Labute approximate surface area is 131 Å². The maximum atomic E-state index is 5.73. The zero-order valence-corrected chi connectivity index (χ0v) is 13.6. The molecule has 0 saturated carbocycles. The summed E-state index contributed by atoms with van der Waals surface area (Å²) >= 11 is 0. The van der Waals surface area contributed by atoms with Crippen LogP contribution >= 0.6 is 0 Å². The van der Waals surface area contributed by atoms with E-state index in [1.54, 1.807) is 0 Å². The highest BCUT2D eigenvalue weighted by atomic mass is 15.1. The number of hydrogen-bond acceptors (Lipinski definition) is 6. The number of hydrogen-bond donors (Lipinski definition) is 3. The number of nitrogen functional groups attached to an aromatic ring is 2. The first-order chi connectivity index (χ1) is 10.5. The van der Waals surface area contributed by atoms with Crippen molar-refractivity contribution < 1.29 is 0 Å². The van der Waals surface area contributed by atoms with E-state index in [0.717, 1.165) is 42.9 Å². The van der Waals surface area contributed by atoms with Crippen LogP contribution < -0.4 is 11.5 Å². The molecule has 7 nitrogen and oxygen atoms in total. The topological polar surface area (TPSA) is 119 Å². The Kier molecular flexibility index (Phi) is 5.30. The molecule has 2 aromatic rings. The first-order valence-corrected chi connectivity index (χ1v) is 7.87. The Morgan fingerprint density at radius 3 is 2.23 bits per heavy atom. The van der Waals surface area contributed by atoms with Crippen LogP contribution in [0.1, 0.15) is 68.5 Å². The van der Waals surface area contributed by atoms with Crippen molar-refractivity contribution in [3.05, 3.63) is 23.0 Å². The van der Waals surface area contributed by atoms with E-state index in [2.05, 4.69) is 38.8 Å². The van der Waals surface area contributed by atoms with Crippen LogP contribution in [-0.2, 0) is 6.42 Å². The first kappa shape index (κ1) is 16.2. The van der Waals surface area contributed by atoms with Crippen molar-refractivity contribution in [3.8, 4) is 0 Å². The molecule has 0 aliphatic heterocycles. The summed E-state index contributed by atoms with van der Waals surface area (Å²) in [6, 6.07) is 0. The van der Waals surface area contributed by atoms with Crippen molar-refractivity contribution in [2.75, 3.05) is 11.5 Å². The molecule has 0 amide bonds. The molecule has 0 radical (unpaired) electrons. The van der Waals surface area contributed by atoms with Gasteiger partial charge in [0.05, 0.1) is 11.6 Å². The number of rotatable bonds is 7. The lowest BCUT2D eigenvalue weighted by atomic mass is 9.95. The van der Waals surface area contributed by atoms with Gasteiger partial charge in [0, 0.05) is 12.1 Å². The van der Waals surface area contributed by atoms with E-state index in [4.69, 9.17) is 11.5 Å². The summed E-state index contributed by atoms with van der Waals surface area (Å²) in [6.45, 7) is 6.27. The average Bonchev–Trinajstić information content (AvgIpc) is 2.83. The maximum absolute atomic E-state index is 5.73. The van der Waals surface area contributed by atoms with Gasteiger partial charge in [0.25, 0.3) is 0 Å². The van der Waals surface area contributed by atoms with Gasteiger partial charge in [-0.2, -0.15) is 15.0 Å². The van der Waals surface area contributed by atoms with Gasteiger partial charge in [0.2, 0.25) is 11.9 Å². The average molecular weight is 303 g/mol. The molecule has 5 N–H and O–H groups in total. The minimum Gasteiger partial charge on any atom is -0.368 e. The van der Waals surface area contributed by atoms with Crippen LogP contribution in [0.5, 0.6) is 0 Å². The summed E-state index contributed by atoms with van der Waals surface area (Å²) in [6.07, 6.45) is 5.22. The van der Waals surface area contributed by atoms with Gasteiger partial charge in [-0.25, -0.2) is 4.98 Å². The van der Waals surface area contributed by atoms with Crippen LogP contribution in [0.15, 0.2) is 0 Å². The number of nitrogens with zero attached hydrogens (tertiary/aromatic N) is 4. The summed E-state index contributed by atoms with van der Waals surface area (Å²) in [5, 5.41) is 0. The van der Waals surface area contributed by atoms with Crippen molar-refractivity contribution in [2.45, 2.75) is 58.8 Å². The third-order valence-corrected chi connectivity index (χ3v) is 3.75. The molecule has 1 atom stereocenters. The Hall–Kier alpha value is -2.18. The smallest absolute Gasteiger partial charge is 0.225 e. The molecular formula is C15H25N7. The molecule has 2 rings (SSSR count). The number of H-pyrrole nitrogens is 1. The van der Waals surface area contributed by atoms with E-state index in [-0.39, 0.29) is 17.8 Å². The molecule has 0 aromatic carbocycles. The molecule has 0 aliphatic carbocycles. The van der Waals surface area contributed by atoms with Crippen molar-refractivity contribution in [2.24, 2.45) is 0 Å². The number of aryl methyl sites for hydroxylation is 2. The third kappa shape index (κ3) is 3.72. The first-order valence-electron chi connectivity index (χ1n) is 7.87. The summed E-state index contributed by atoms with van der Waals surface area (Å²) in [5.74, 6) is 1.94. The number of imidazole rings is 1. The normalized spacial score (nSPS) is 12.5. The largest absolute Gasteiger partial charge is 0.368 e. The zero-order chi connectivity index (χ0) is 16.1. The van der Waals surface area contributed by atoms with Crippen LogP contribution in [0.4, 0.5) is 11.9 Å². The van der Waals surface area contributed by atoms with Crippen molar-refractivity contribution in [1.29, 1.82) is 0 Å². The standard InChI is InChI=1S/C15H25N7/c1-4-6-7-8-10(12-9(3)18-11(5-2)19-12)13-20-14(16)22-15(17)21-13/h10H,4-8H2,1-3H3,(H,18,19)(H4,16,17,20,21,22). The van der Waals surface area contributed by atoms with Gasteiger partial charge in [-0.1, -0.05) is 33.1 Å². The molecule has 22 heavy (non-hydrogen) atoms. The SMILES string of the molecule is CCCCCC(c1nc(N)nc(N)n1)c1[nH]c(CC)nc1C. The summed E-state index contributed by atoms with van der Waals surface area (Å²) in [4.78, 5) is 20.4. The molecule has 7 heteroatoms. The quantitative estimate of drug-likeness (QED) is 0.675. The van der Waals surface area contributed by atoms with Gasteiger partial charge >= 0.3 is 0 Å². The van der Waals surface area contributed by atoms with Gasteiger partial charge in [-0.15, -0.1) is 0 Å². The van der Waals surface area contributed by atoms with Gasteiger partial charge in [0.1, 0.15) is 11.6 Å². The molecule has 2 aromatic heterocycles. The van der Waals surface area contributed by atoms with Gasteiger partial charge < -0.3 is 16.5 Å². The Bertz CT molecular complexity index is 600. The van der Waals surface area contributed by atoms with Gasteiger partial charge in [-0.3, -0.25) is 0 Å². The lowest BCUT2D eigenvalue weighted by molar-refractivity contribution is 0.586. The maximum Gasteiger partial charge on any atom is 0.225 e. The van der Waals surface area contributed by atoms with Crippen molar-refractivity contribution in [3.63, 3.8) is 0 Å². The molecule has 0 spiro atoms. The second kappa shape index (κ2) is 7.20. The van der Waals surface area contributed by atoms with E-state index in [1.807, 2.05) is 6.92 Å². The molecular weight excluding hydrogens is 278 g/mol. The summed E-state index contributed by atoms with van der Waals surface area (Å²) in [5.41, 5.74) is 13.5. The van der Waals surface area contributed by atoms with Crippen molar-refractivity contribution in [1.82, 2.24) is 24.9 Å². The summed E-state index contributed by atoms with van der Waals surface area (Å²) in [7, 11) is 0. The molecule has 1 unspecified atom stereocenters. The Balaban J connectivity index is 2.38. The van der Waals surface area contributed by atoms with E-state index >= 15 is 0 Å². The van der Waals surface area contributed by atoms with Gasteiger partial charge in [0.15, 0.2) is 0 Å².